The first-order valence-corrected chi connectivity index (χ1v) is 6.71. The van der Waals surface area contributed by atoms with Gasteiger partial charge in [-0.1, -0.05) is 6.07 Å². The fraction of sp³-hybridized carbons (Fsp3) is 0.357. The second-order valence-corrected chi connectivity index (χ2v) is 4.57. The first-order chi connectivity index (χ1) is 9.79. The van der Waals surface area contributed by atoms with Crippen molar-refractivity contribution in [3.63, 3.8) is 0 Å². The lowest BCUT2D eigenvalue weighted by Crippen LogP contribution is -2.25. The molecular weight excluding hydrogens is 256 g/mol. The summed E-state index contributed by atoms with van der Waals surface area (Å²) in [4.78, 5) is 16.2. The van der Waals surface area contributed by atoms with E-state index in [-0.39, 0.29) is 6.04 Å². The fourth-order valence-electron chi connectivity index (χ4n) is 2.37. The van der Waals surface area contributed by atoms with Crippen LogP contribution in [0.2, 0.25) is 0 Å². The number of hydrogen-bond donors (Lipinski definition) is 1. The summed E-state index contributed by atoms with van der Waals surface area (Å²) in [7, 11) is 0. The summed E-state index contributed by atoms with van der Waals surface area (Å²) in [5.74, 6) is 0.436. The quantitative estimate of drug-likeness (QED) is 0.864. The van der Waals surface area contributed by atoms with Crippen molar-refractivity contribution in [3.05, 3.63) is 41.9 Å². The number of anilines is 1. The van der Waals surface area contributed by atoms with Gasteiger partial charge in [-0.2, -0.15) is 5.10 Å². The predicted octanol–water partition coefficient (Wildman–Crippen LogP) is 1.86. The molecule has 1 aliphatic rings. The van der Waals surface area contributed by atoms with E-state index in [4.69, 9.17) is 4.74 Å². The molecule has 0 radical (unpaired) electrons. The Hall–Kier alpha value is -2.37. The summed E-state index contributed by atoms with van der Waals surface area (Å²) in [5.41, 5.74) is 1.28. The minimum Gasteiger partial charge on any atom is -0.461 e. The van der Waals surface area contributed by atoms with E-state index in [1.54, 1.807) is 19.2 Å². The van der Waals surface area contributed by atoms with Crippen LogP contribution in [-0.4, -0.2) is 33.9 Å². The maximum Gasteiger partial charge on any atom is 0.358 e. The third-order valence-corrected chi connectivity index (χ3v) is 3.27. The van der Waals surface area contributed by atoms with Crippen molar-refractivity contribution in [2.24, 2.45) is 0 Å². The van der Waals surface area contributed by atoms with Gasteiger partial charge in [0.2, 0.25) is 0 Å². The van der Waals surface area contributed by atoms with Gasteiger partial charge in [0.25, 0.3) is 0 Å². The molecule has 0 bridgehead atoms. The standard InChI is InChI=1S/C14H16N4O2/c1-2-20-14(19)11-9-13-16-8-6-12(18(13)17-11)10-5-3-4-7-15-10/h3-5,7,9,12,16H,2,6,8H2,1H3. The maximum atomic E-state index is 11.8. The van der Waals surface area contributed by atoms with Gasteiger partial charge in [0.1, 0.15) is 5.82 Å². The van der Waals surface area contributed by atoms with Crippen LogP contribution in [0.4, 0.5) is 5.82 Å². The van der Waals surface area contributed by atoms with Gasteiger partial charge in [0.15, 0.2) is 5.69 Å². The summed E-state index contributed by atoms with van der Waals surface area (Å²) in [5, 5.41) is 7.61. The van der Waals surface area contributed by atoms with Gasteiger partial charge in [0.05, 0.1) is 18.3 Å². The molecule has 104 valence electrons. The SMILES string of the molecule is CCOC(=O)c1cc2n(n1)C(c1ccccn1)CCN2. The van der Waals surface area contributed by atoms with Gasteiger partial charge in [-0.05, 0) is 25.5 Å². The van der Waals surface area contributed by atoms with Crippen LogP contribution in [0.25, 0.3) is 0 Å². The number of rotatable bonds is 3. The Bertz CT molecular complexity index is 609. The smallest absolute Gasteiger partial charge is 0.358 e. The van der Waals surface area contributed by atoms with Crippen molar-refractivity contribution in [1.29, 1.82) is 0 Å². The fourth-order valence-corrected chi connectivity index (χ4v) is 2.37. The van der Waals surface area contributed by atoms with Crippen LogP contribution in [0.1, 0.15) is 35.6 Å². The van der Waals surface area contributed by atoms with Crippen LogP contribution >= 0.6 is 0 Å². The molecule has 1 atom stereocenters. The Morgan fingerprint density at radius 2 is 2.45 bits per heavy atom. The lowest BCUT2D eigenvalue weighted by molar-refractivity contribution is 0.0518. The minimum atomic E-state index is -0.393. The van der Waals surface area contributed by atoms with E-state index < -0.39 is 5.97 Å². The summed E-state index contributed by atoms with van der Waals surface area (Å²) in [6.45, 7) is 2.95. The van der Waals surface area contributed by atoms with Gasteiger partial charge in [-0.25, -0.2) is 9.48 Å². The molecule has 1 unspecified atom stereocenters. The van der Waals surface area contributed by atoms with Gasteiger partial charge in [0, 0.05) is 18.8 Å². The molecular formula is C14H16N4O2. The predicted molar refractivity (Wildman–Crippen MR) is 73.7 cm³/mol. The average molecular weight is 272 g/mol. The third-order valence-electron chi connectivity index (χ3n) is 3.27. The number of fused-ring (bicyclic) bond motifs is 1. The zero-order valence-electron chi connectivity index (χ0n) is 11.2. The van der Waals surface area contributed by atoms with Gasteiger partial charge < -0.3 is 10.1 Å². The van der Waals surface area contributed by atoms with E-state index >= 15 is 0 Å². The van der Waals surface area contributed by atoms with Crippen LogP contribution in [0.5, 0.6) is 0 Å². The molecule has 0 spiro atoms. The Kier molecular flexibility index (Phi) is 3.37. The lowest BCUT2D eigenvalue weighted by Gasteiger charge is -2.24. The molecule has 0 amide bonds. The molecule has 3 rings (SSSR count). The molecule has 6 nitrogen and oxygen atoms in total. The minimum absolute atomic E-state index is 0.0515. The highest BCUT2D eigenvalue weighted by Gasteiger charge is 2.25. The number of aromatic nitrogens is 3. The van der Waals surface area contributed by atoms with Crippen LogP contribution in [-0.2, 0) is 4.74 Å². The number of pyridine rings is 1. The zero-order chi connectivity index (χ0) is 13.9. The third kappa shape index (κ3) is 2.24. The molecule has 0 aromatic carbocycles. The van der Waals surface area contributed by atoms with E-state index in [1.165, 1.54) is 0 Å². The number of esters is 1. The molecule has 1 N–H and O–H groups in total. The van der Waals surface area contributed by atoms with Crippen molar-refractivity contribution in [3.8, 4) is 0 Å². The molecule has 0 saturated carbocycles. The van der Waals surface area contributed by atoms with Crippen molar-refractivity contribution in [2.45, 2.75) is 19.4 Å². The van der Waals surface area contributed by atoms with Crippen molar-refractivity contribution in [2.75, 3.05) is 18.5 Å². The first kappa shape index (κ1) is 12.7. The number of carbonyl (C=O) groups is 1. The molecule has 0 fully saturated rings. The summed E-state index contributed by atoms with van der Waals surface area (Å²) >= 11 is 0. The highest BCUT2D eigenvalue weighted by atomic mass is 16.5. The van der Waals surface area contributed by atoms with Crippen LogP contribution in [0.3, 0.4) is 0 Å². The summed E-state index contributed by atoms with van der Waals surface area (Å²) < 4.78 is 6.81. The largest absolute Gasteiger partial charge is 0.461 e. The highest BCUT2D eigenvalue weighted by Crippen LogP contribution is 2.28. The zero-order valence-corrected chi connectivity index (χ0v) is 11.2. The van der Waals surface area contributed by atoms with Crippen molar-refractivity contribution in [1.82, 2.24) is 14.8 Å². The van der Waals surface area contributed by atoms with Gasteiger partial charge >= 0.3 is 5.97 Å². The molecule has 0 saturated heterocycles. The summed E-state index contributed by atoms with van der Waals surface area (Å²) in [6.07, 6.45) is 2.65. The van der Waals surface area contributed by atoms with E-state index in [1.807, 2.05) is 22.9 Å². The molecule has 3 heterocycles. The van der Waals surface area contributed by atoms with Crippen molar-refractivity contribution < 1.29 is 9.53 Å². The molecule has 2 aromatic rings. The number of nitrogens with one attached hydrogen (secondary N) is 1. The normalized spacial score (nSPS) is 17.1. The highest BCUT2D eigenvalue weighted by molar-refractivity contribution is 5.88. The molecule has 0 aliphatic carbocycles. The maximum absolute atomic E-state index is 11.8. The number of nitrogens with zero attached hydrogens (tertiary/aromatic N) is 3. The molecule has 2 aromatic heterocycles. The average Bonchev–Trinajstić information content (AvgIpc) is 2.92. The van der Waals surface area contributed by atoms with Gasteiger partial charge in [-0.3, -0.25) is 4.98 Å². The second-order valence-electron chi connectivity index (χ2n) is 4.57. The Morgan fingerprint density at radius 1 is 1.55 bits per heavy atom. The number of ether oxygens (including phenoxy) is 1. The van der Waals surface area contributed by atoms with E-state index in [0.717, 1.165) is 24.5 Å². The monoisotopic (exact) mass is 272 g/mol. The summed E-state index contributed by atoms with van der Waals surface area (Å²) in [6, 6.07) is 7.60. The topological polar surface area (TPSA) is 69.0 Å². The Balaban J connectivity index is 1.95. The van der Waals surface area contributed by atoms with E-state index in [0.29, 0.717) is 12.3 Å². The van der Waals surface area contributed by atoms with Crippen LogP contribution in [0.15, 0.2) is 30.5 Å². The van der Waals surface area contributed by atoms with E-state index in [9.17, 15) is 4.79 Å². The number of hydrogen-bond acceptors (Lipinski definition) is 5. The van der Waals surface area contributed by atoms with Gasteiger partial charge in [-0.15, -0.1) is 0 Å². The lowest BCUT2D eigenvalue weighted by atomic mass is 10.1. The Morgan fingerprint density at radius 3 is 3.20 bits per heavy atom. The number of carbonyl (C=O) groups excluding carboxylic acids is 1. The molecule has 1 aliphatic heterocycles. The molecule has 20 heavy (non-hydrogen) atoms. The van der Waals surface area contributed by atoms with Crippen LogP contribution < -0.4 is 5.32 Å². The van der Waals surface area contributed by atoms with E-state index in [2.05, 4.69) is 15.4 Å². The first-order valence-electron chi connectivity index (χ1n) is 6.71. The van der Waals surface area contributed by atoms with Crippen LogP contribution in [0, 0.1) is 0 Å². The Labute approximate surface area is 116 Å². The molecule has 6 heteroatoms. The second kappa shape index (κ2) is 5.32. The van der Waals surface area contributed by atoms with Crippen molar-refractivity contribution >= 4 is 11.8 Å².